The van der Waals surface area contributed by atoms with E-state index >= 15 is 0 Å². The molecule has 0 amide bonds. The topological polar surface area (TPSA) is 78.7 Å². The molecule has 0 aliphatic carbocycles. The van der Waals surface area contributed by atoms with E-state index in [2.05, 4.69) is 40.3 Å². The third-order valence-electron chi connectivity index (χ3n) is 5.67. The summed E-state index contributed by atoms with van der Waals surface area (Å²) in [5, 5.41) is 6.82. The Kier molecular flexibility index (Phi) is 6.92. The fourth-order valence-corrected chi connectivity index (χ4v) is 4.50. The zero-order valence-electron chi connectivity index (χ0n) is 18.6. The highest BCUT2D eigenvalue weighted by atomic mass is 32.1. The number of hydrogen-bond acceptors (Lipinski definition) is 7. The zero-order chi connectivity index (χ0) is 21.8. The fourth-order valence-electron chi connectivity index (χ4n) is 4.34. The molecule has 0 radical (unpaired) electrons. The summed E-state index contributed by atoms with van der Waals surface area (Å²) < 4.78 is 11.1. The molecule has 4 heterocycles. The molecule has 9 heteroatoms. The van der Waals surface area contributed by atoms with Gasteiger partial charge in [0.2, 0.25) is 5.95 Å². The lowest BCUT2D eigenvalue weighted by Gasteiger charge is -2.36. The van der Waals surface area contributed by atoms with Gasteiger partial charge in [0.1, 0.15) is 23.2 Å². The smallest absolute Gasteiger partial charge is 0.232 e. The lowest BCUT2D eigenvalue weighted by molar-refractivity contribution is 0.122. The molecular weight excluding hydrogens is 412 g/mol. The van der Waals surface area contributed by atoms with Crippen LogP contribution in [0.3, 0.4) is 0 Å². The summed E-state index contributed by atoms with van der Waals surface area (Å²) in [6.07, 6.45) is 1.25. The highest BCUT2D eigenvalue weighted by Crippen LogP contribution is 2.28. The van der Waals surface area contributed by atoms with Crippen LogP contribution in [0.4, 0.5) is 17.6 Å². The van der Waals surface area contributed by atoms with Crippen LogP contribution in [-0.4, -0.2) is 54.5 Å². The minimum Gasteiger partial charge on any atom is -0.465 e. The Morgan fingerprint density at radius 2 is 1.77 bits per heavy atom. The average Bonchev–Trinajstić information content (AvgIpc) is 3.17. The normalized spacial score (nSPS) is 21.8. The molecule has 168 valence electrons. The van der Waals surface area contributed by atoms with Gasteiger partial charge in [-0.3, -0.25) is 0 Å². The first kappa shape index (κ1) is 21.8. The lowest BCUT2D eigenvalue weighted by Crippen LogP contribution is -2.40. The van der Waals surface area contributed by atoms with E-state index in [1.165, 1.54) is 6.42 Å². The molecular formula is C22H32N6O2S. The molecule has 2 aliphatic rings. The summed E-state index contributed by atoms with van der Waals surface area (Å²) in [6, 6.07) is 5.98. The van der Waals surface area contributed by atoms with Crippen molar-refractivity contribution in [1.29, 1.82) is 0 Å². The van der Waals surface area contributed by atoms with Gasteiger partial charge in [-0.25, -0.2) is 0 Å². The minimum atomic E-state index is 0.472. The van der Waals surface area contributed by atoms with E-state index in [9.17, 15) is 0 Å². The number of nitrogens with one attached hydrogen (secondary N) is 2. The Labute approximate surface area is 189 Å². The van der Waals surface area contributed by atoms with Gasteiger partial charge in [0, 0.05) is 32.2 Å². The molecule has 2 atom stereocenters. The molecule has 0 saturated carbocycles. The van der Waals surface area contributed by atoms with Gasteiger partial charge in [-0.1, -0.05) is 13.8 Å². The van der Waals surface area contributed by atoms with E-state index in [4.69, 9.17) is 31.3 Å². The van der Waals surface area contributed by atoms with Crippen LogP contribution in [0.1, 0.15) is 31.8 Å². The monoisotopic (exact) mass is 444 g/mol. The number of aryl methyl sites for hydroxylation is 1. The number of hydrogen-bond donors (Lipinski definition) is 2. The zero-order valence-corrected chi connectivity index (χ0v) is 19.4. The first-order chi connectivity index (χ1) is 15.0. The maximum Gasteiger partial charge on any atom is 0.232 e. The van der Waals surface area contributed by atoms with Crippen molar-refractivity contribution in [1.82, 2.24) is 15.3 Å². The van der Waals surface area contributed by atoms with E-state index in [0.717, 1.165) is 49.3 Å². The standard InChI is InChI=1S/C22H32N6O2S/c1-15-10-16(2)14-28(13-15)20-11-19(27-6-8-29-9-7-27)24-21(25-20)26-22(31)23-12-18-5-4-17(3)30-18/h4-5,11,15-16H,6-10,12-14H2,1-3H3,(H2,23,24,25,26,31)/t15-,16+. The van der Waals surface area contributed by atoms with Crippen molar-refractivity contribution < 1.29 is 9.15 Å². The molecule has 0 unspecified atom stereocenters. The summed E-state index contributed by atoms with van der Waals surface area (Å²) in [5.41, 5.74) is 0. The van der Waals surface area contributed by atoms with Crippen molar-refractivity contribution in [3.8, 4) is 0 Å². The van der Waals surface area contributed by atoms with E-state index in [1.807, 2.05) is 19.1 Å². The summed E-state index contributed by atoms with van der Waals surface area (Å²) in [6.45, 7) is 12.1. The number of rotatable bonds is 5. The molecule has 2 aromatic rings. The summed E-state index contributed by atoms with van der Waals surface area (Å²) >= 11 is 5.49. The van der Waals surface area contributed by atoms with Crippen LogP contribution >= 0.6 is 12.2 Å². The van der Waals surface area contributed by atoms with Gasteiger partial charge in [-0.05, 0) is 49.5 Å². The highest BCUT2D eigenvalue weighted by Gasteiger charge is 2.25. The van der Waals surface area contributed by atoms with Crippen molar-refractivity contribution in [2.45, 2.75) is 33.7 Å². The SMILES string of the molecule is Cc1ccc(CNC(=S)Nc2nc(N3CCOCC3)cc(N3C[C@H](C)C[C@H](C)C3)n2)o1. The predicted octanol–water partition coefficient (Wildman–Crippen LogP) is 3.18. The van der Waals surface area contributed by atoms with Crippen molar-refractivity contribution in [2.75, 3.05) is 54.5 Å². The molecule has 8 nitrogen and oxygen atoms in total. The molecule has 4 rings (SSSR count). The third kappa shape index (κ3) is 5.86. The number of aromatic nitrogens is 2. The van der Waals surface area contributed by atoms with Crippen LogP contribution in [0.2, 0.25) is 0 Å². The second kappa shape index (κ2) is 9.82. The summed E-state index contributed by atoms with van der Waals surface area (Å²) in [4.78, 5) is 14.2. The van der Waals surface area contributed by atoms with Crippen molar-refractivity contribution in [2.24, 2.45) is 11.8 Å². The molecule has 2 fully saturated rings. The Morgan fingerprint density at radius 1 is 1.10 bits per heavy atom. The second-order valence-corrected chi connectivity index (χ2v) is 9.09. The van der Waals surface area contributed by atoms with Crippen LogP contribution in [0.15, 0.2) is 22.6 Å². The van der Waals surface area contributed by atoms with Crippen LogP contribution in [0, 0.1) is 18.8 Å². The number of furan rings is 1. The van der Waals surface area contributed by atoms with E-state index in [-0.39, 0.29) is 0 Å². The lowest BCUT2D eigenvalue weighted by atomic mass is 9.92. The number of ether oxygens (including phenoxy) is 1. The maximum absolute atomic E-state index is 5.59. The summed E-state index contributed by atoms with van der Waals surface area (Å²) in [7, 11) is 0. The number of thiocarbonyl (C=S) groups is 1. The molecule has 0 aromatic carbocycles. The largest absolute Gasteiger partial charge is 0.465 e. The van der Waals surface area contributed by atoms with Crippen LogP contribution < -0.4 is 20.4 Å². The number of morpholine rings is 1. The molecule has 2 saturated heterocycles. The van der Waals surface area contributed by atoms with Crippen molar-refractivity contribution in [3.05, 3.63) is 29.7 Å². The van der Waals surface area contributed by atoms with Crippen molar-refractivity contribution >= 4 is 34.9 Å². The summed E-state index contributed by atoms with van der Waals surface area (Å²) in [5.74, 6) is 5.36. The second-order valence-electron chi connectivity index (χ2n) is 8.68. The van der Waals surface area contributed by atoms with E-state index in [1.54, 1.807) is 0 Å². The molecule has 2 aromatic heterocycles. The highest BCUT2D eigenvalue weighted by molar-refractivity contribution is 7.80. The van der Waals surface area contributed by atoms with Gasteiger partial charge in [0.15, 0.2) is 5.11 Å². The van der Waals surface area contributed by atoms with Gasteiger partial charge in [-0.2, -0.15) is 9.97 Å². The molecule has 2 N–H and O–H groups in total. The van der Waals surface area contributed by atoms with Crippen LogP contribution in [0.5, 0.6) is 0 Å². The predicted molar refractivity (Wildman–Crippen MR) is 127 cm³/mol. The van der Waals surface area contributed by atoms with Crippen LogP contribution in [-0.2, 0) is 11.3 Å². The van der Waals surface area contributed by atoms with Crippen molar-refractivity contribution in [3.63, 3.8) is 0 Å². The van der Waals surface area contributed by atoms with Gasteiger partial charge >= 0.3 is 0 Å². The fraction of sp³-hybridized carbons (Fsp3) is 0.591. The molecule has 0 spiro atoms. The Balaban J connectivity index is 1.51. The number of nitrogens with zero attached hydrogens (tertiary/aromatic N) is 4. The van der Waals surface area contributed by atoms with Gasteiger partial charge in [0.05, 0.1) is 19.8 Å². The molecule has 2 aliphatic heterocycles. The maximum atomic E-state index is 5.59. The average molecular weight is 445 g/mol. The first-order valence-electron chi connectivity index (χ1n) is 11.0. The number of piperidine rings is 1. The molecule has 31 heavy (non-hydrogen) atoms. The molecule has 0 bridgehead atoms. The number of anilines is 3. The van der Waals surface area contributed by atoms with Gasteiger partial charge in [-0.15, -0.1) is 0 Å². The van der Waals surface area contributed by atoms with E-state index in [0.29, 0.717) is 42.7 Å². The first-order valence-corrected chi connectivity index (χ1v) is 11.4. The van der Waals surface area contributed by atoms with Gasteiger partial charge in [0.25, 0.3) is 0 Å². The quantitative estimate of drug-likeness (QED) is 0.676. The Morgan fingerprint density at radius 3 is 2.42 bits per heavy atom. The Bertz CT molecular complexity index is 888. The Hall–Kier alpha value is -2.39. The third-order valence-corrected chi connectivity index (χ3v) is 5.92. The van der Waals surface area contributed by atoms with Gasteiger partial charge < -0.3 is 29.6 Å². The minimum absolute atomic E-state index is 0.472. The van der Waals surface area contributed by atoms with E-state index < -0.39 is 0 Å². The van der Waals surface area contributed by atoms with Crippen LogP contribution in [0.25, 0.3) is 0 Å².